The van der Waals surface area contributed by atoms with Gasteiger partial charge >= 0.3 is 0 Å². The van der Waals surface area contributed by atoms with Crippen LogP contribution in [0.15, 0.2) is 62.9 Å². The fourth-order valence-electron chi connectivity index (χ4n) is 2.52. The van der Waals surface area contributed by atoms with Gasteiger partial charge in [0, 0.05) is 10.0 Å². The summed E-state index contributed by atoms with van der Waals surface area (Å²) in [6.45, 7) is 1.72. The normalized spacial score (nSPS) is 17.6. The zero-order valence-corrected chi connectivity index (χ0v) is 15.8. The fourth-order valence-corrected chi connectivity index (χ4v) is 4.04. The fraction of sp³-hybridized carbons (Fsp3) is 0.176. The van der Waals surface area contributed by atoms with Crippen LogP contribution in [0.25, 0.3) is 0 Å². The minimum atomic E-state index is -3.59. The molecule has 2 N–H and O–H groups in total. The summed E-state index contributed by atoms with van der Waals surface area (Å²) >= 11 is 3.37. The summed E-state index contributed by atoms with van der Waals surface area (Å²) in [4.78, 5) is 16.4. The summed E-state index contributed by atoms with van der Waals surface area (Å²) in [6, 6.07) is 14.0. The Labute approximate surface area is 154 Å². The number of aliphatic imine (C=N–C) groups is 1. The average molecular weight is 422 g/mol. The third-order valence-electron chi connectivity index (χ3n) is 3.79. The molecule has 25 heavy (non-hydrogen) atoms. The van der Waals surface area contributed by atoms with Crippen LogP contribution in [-0.4, -0.2) is 26.7 Å². The Bertz CT molecular complexity index is 940. The largest absolute Gasteiger partial charge is 0.348 e. The molecule has 6 nitrogen and oxygen atoms in total. The van der Waals surface area contributed by atoms with Gasteiger partial charge in [0.05, 0.1) is 10.9 Å². The Balaban J connectivity index is 1.68. The van der Waals surface area contributed by atoms with E-state index in [-0.39, 0.29) is 29.2 Å². The highest BCUT2D eigenvalue weighted by molar-refractivity contribution is 9.10. The summed E-state index contributed by atoms with van der Waals surface area (Å²) in [5, 5.41) is 2.85. The first-order chi connectivity index (χ1) is 11.9. The first-order valence-corrected chi connectivity index (χ1v) is 9.86. The maximum atomic E-state index is 12.1. The number of carbonyl (C=O) groups is 1. The standard InChI is InChI=1S/C17H16BrN3O3S/c1-11(12-6-8-13(18)9-7-12)20-16(22)10-19-17-14-4-2-3-5-15(14)25(23,24)21-17/h2-9,11H,10H2,1H3,(H,19,21)(H,20,22). The number of amidine groups is 1. The van der Waals surface area contributed by atoms with Crippen molar-refractivity contribution in [2.45, 2.75) is 17.9 Å². The van der Waals surface area contributed by atoms with Crippen LogP contribution in [0.1, 0.15) is 24.1 Å². The SMILES string of the molecule is CC(NC(=O)CN=C1NS(=O)(=O)c2ccccc21)c1ccc(Br)cc1. The van der Waals surface area contributed by atoms with Gasteiger partial charge in [-0.15, -0.1) is 0 Å². The number of benzene rings is 2. The molecular weight excluding hydrogens is 406 g/mol. The number of fused-ring (bicyclic) bond motifs is 1. The highest BCUT2D eigenvalue weighted by Gasteiger charge is 2.30. The molecule has 2 aromatic carbocycles. The van der Waals surface area contributed by atoms with Crippen LogP contribution < -0.4 is 10.0 Å². The van der Waals surface area contributed by atoms with Crippen molar-refractivity contribution in [2.75, 3.05) is 6.54 Å². The summed E-state index contributed by atoms with van der Waals surface area (Å²) in [5.41, 5.74) is 1.45. The van der Waals surface area contributed by atoms with Crippen molar-refractivity contribution >= 4 is 37.7 Å². The van der Waals surface area contributed by atoms with Gasteiger partial charge < -0.3 is 5.32 Å². The van der Waals surface area contributed by atoms with E-state index >= 15 is 0 Å². The number of hydrogen-bond donors (Lipinski definition) is 2. The van der Waals surface area contributed by atoms with Crippen molar-refractivity contribution in [3.63, 3.8) is 0 Å². The number of rotatable bonds is 4. The molecule has 1 amide bonds. The lowest BCUT2D eigenvalue weighted by molar-refractivity contribution is -0.120. The van der Waals surface area contributed by atoms with Gasteiger partial charge in [0.2, 0.25) is 5.91 Å². The molecule has 1 aliphatic heterocycles. The zero-order valence-electron chi connectivity index (χ0n) is 13.4. The molecule has 0 bridgehead atoms. The monoisotopic (exact) mass is 421 g/mol. The summed E-state index contributed by atoms with van der Waals surface area (Å²) in [5.74, 6) is -0.0893. The predicted molar refractivity (Wildman–Crippen MR) is 98.9 cm³/mol. The van der Waals surface area contributed by atoms with Gasteiger partial charge in [0.25, 0.3) is 10.0 Å². The van der Waals surface area contributed by atoms with E-state index in [2.05, 4.69) is 31.0 Å². The number of nitrogens with zero attached hydrogens (tertiary/aromatic N) is 1. The molecule has 1 aliphatic rings. The van der Waals surface area contributed by atoms with Gasteiger partial charge in [0.1, 0.15) is 12.4 Å². The Morgan fingerprint density at radius 3 is 2.60 bits per heavy atom. The molecule has 0 spiro atoms. The average Bonchev–Trinajstić information content (AvgIpc) is 2.85. The van der Waals surface area contributed by atoms with Crippen molar-refractivity contribution in [3.8, 4) is 0 Å². The Morgan fingerprint density at radius 1 is 1.20 bits per heavy atom. The Hall–Kier alpha value is -2.19. The molecule has 0 saturated carbocycles. The molecule has 1 unspecified atom stereocenters. The van der Waals surface area contributed by atoms with Gasteiger partial charge in [-0.2, -0.15) is 0 Å². The van der Waals surface area contributed by atoms with Gasteiger partial charge in [-0.25, -0.2) is 8.42 Å². The smallest absolute Gasteiger partial charge is 0.263 e. The topological polar surface area (TPSA) is 87.6 Å². The second kappa shape index (κ2) is 6.97. The number of amides is 1. The lowest BCUT2D eigenvalue weighted by atomic mass is 10.1. The van der Waals surface area contributed by atoms with Crippen LogP contribution >= 0.6 is 15.9 Å². The van der Waals surface area contributed by atoms with E-state index in [0.29, 0.717) is 5.56 Å². The second-order valence-corrected chi connectivity index (χ2v) is 8.17. The molecule has 0 aliphatic carbocycles. The molecule has 1 heterocycles. The van der Waals surface area contributed by atoms with Crippen molar-refractivity contribution in [2.24, 2.45) is 4.99 Å². The van der Waals surface area contributed by atoms with Gasteiger partial charge in [-0.05, 0) is 36.8 Å². The van der Waals surface area contributed by atoms with Crippen LogP contribution in [-0.2, 0) is 14.8 Å². The van der Waals surface area contributed by atoms with Crippen molar-refractivity contribution in [1.82, 2.24) is 10.0 Å². The molecule has 8 heteroatoms. The Kier molecular flexibility index (Phi) is 4.91. The van der Waals surface area contributed by atoms with E-state index in [0.717, 1.165) is 10.0 Å². The molecular formula is C17H16BrN3O3S. The molecule has 0 saturated heterocycles. The molecule has 1 atom stereocenters. The van der Waals surface area contributed by atoms with Crippen LogP contribution in [0, 0.1) is 0 Å². The van der Waals surface area contributed by atoms with Crippen molar-refractivity contribution < 1.29 is 13.2 Å². The van der Waals surface area contributed by atoms with Crippen LogP contribution in [0.4, 0.5) is 0 Å². The zero-order chi connectivity index (χ0) is 18.0. The van der Waals surface area contributed by atoms with Gasteiger partial charge in [-0.1, -0.05) is 40.2 Å². The number of hydrogen-bond acceptors (Lipinski definition) is 4. The third-order valence-corrected chi connectivity index (χ3v) is 5.72. The van der Waals surface area contributed by atoms with Crippen LogP contribution in [0.2, 0.25) is 0 Å². The minimum absolute atomic E-state index is 0.160. The lowest BCUT2D eigenvalue weighted by Crippen LogP contribution is -2.30. The van der Waals surface area contributed by atoms with Gasteiger partial charge in [-0.3, -0.25) is 14.5 Å². The maximum Gasteiger partial charge on any atom is 0.263 e. The Morgan fingerprint density at radius 2 is 1.88 bits per heavy atom. The third kappa shape index (κ3) is 3.91. The number of sulfonamides is 1. The summed E-state index contributed by atoms with van der Waals surface area (Å²) < 4.78 is 27.3. The van der Waals surface area contributed by atoms with E-state index in [1.165, 1.54) is 6.07 Å². The first kappa shape index (κ1) is 17.6. The molecule has 2 aromatic rings. The quantitative estimate of drug-likeness (QED) is 0.793. The van der Waals surface area contributed by atoms with Crippen molar-refractivity contribution in [1.29, 1.82) is 0 Å². The lowest BCUT2D eigenvalue weighted by Gasteiger charge is -2.13. The number of carbonyl (C=O) groups excluding carboxylic acids is 1. The molecule has 0 aromatic heterocycles. The highest BCUT2D eigenvalue weighted by atomic mass is 79.9. The van der Waals surface area contributed by atoms with Crippen LogP contribution in [0.3, 0.4) is 0 Å². The second-order valence-electron chi connectivity index (χ2n) is 5.61. The van der Waals surface area contributed by atoms with Crippen LogP contribution in [0.5, 0.6) is 0 Å². The van der Waals surface area contributed by atoms with E-state index in [4.69, 9.17) is 0 Å². The summed E-state index contributed by atoms with van der Waals surface area (Å²) in [6.07, 6.45) is 0. The summed E-state index contributed by atoms with van der Waals surface area (Å²) in [7, 11) is -3.59. The number of nitrogens with one attached hydrogen (secondary N) is 2. The van der Waals surface area contributed by atoms with E-state index in [9.17, 15) is 13.2 Å². The van der Waals surface area contributed by atoms with E-state index in [1.807, 2.05) is 31.2 Å². The highest BCUT2D eigenvalue weighted by Crippen LogP contribution is 2.22. The van der Waals surface area contributed by atoms with Crippen molar-refractivity contribution in [3.05, 3.63) is 64.1 Å². The minimum Gasteiger partial charge on any atom is -0.348 e. The molecule has 130 valence electrons. The van der Waals surface area contributed by atoms with E-state index in [1.54, 1.807) is 18.2 Å². The molecule has 0 radical (unpaired) electrons. The maximum absolute atomic E-state index is 12.1. The predicted octanol–water partition coefficient (Wildman–Crippen LogP) is 2.37. The first-order valence-electron chi connectivity index (χ1n) is 7.58. The van der Waals surface area contributed by atoms with Gasteiger partial charge in [0.15, 0.2) is 0 Å². The molecule has 0 fully saturated rings. The van der Waals surface area contributed by atoms with E-state index < -0.39 is 10.0 Å². The molecule has 3 rings (SSSR count). The number of halogens is 1.